The first-order valence-corrected chi connectivity index (χ1v) is 6.13. The second kappa shape index (κ2) is 4.39. The van der Waals surface area contributed by atoms with Crippen molar-refractivity contribution in [2.45, 2.75) is 11.7 Å². The Bertz CT molecular complexity index is 594. The Labute approximate surface area is 102 Å². The molecule has 0 heterocycles. The smallest absolute Gasteiger partial charge is 0.336 e. The van der Waals surface area contributed by atoms with Crippen LogP contribution >= 0.6 is 0 Å². The molecule has 0 amide bonds. The first kappa shape index (κ1) is 14.1. The molecule has 0 aromatic rings. The number of aliphatic carboxylic acids is 2. The molecule has 1 unspecified atom stereocenters. The van der Waals surface area contributed by atoms with Gasteiger partial charge in [-0.15, -0.1) is 0 Å². The van der Waals surface area contributed by atoms with Gasteiger partial charge < -0.3 is 10.2 Å². The molecule has 0 aliphatic heterocycles. The van der Waals surface area contributed by atoms with Crippen LogP contribution in [-0.2, 0) is 19.7 Å². The van der Waals surface area contributed by atoms with Crippen molar-refractivity contribution in [1.82, 2.24) is 0 Å². The van der Waals surface area contributed by atoms with Gasteiger partial charge in [-0.2, -0.15) is 8.42 Å². The average molecular weight is 274 g/mol. The predicted octanol–water partition coefficient (Wildman–Crippen LogP) is 0.225. The standard InChI is InChI=1S/C10H10O7S/c1-2-7-6(8(11)12)4-3-5-10(7,9(13)14)18(15,16)17/h2-5H,1H3,(H,11,12)(H,13,14)(H,15,16,17). The summed E-state index contributed by atoms with van der Waals surface area (Å²) in [6.45, 7) is 1.29. The van der Waals surface area contributed by atoms with Crippen LogP contribution in [0.1, 0.15) is 6.92 Å². The molecule has 0 aromatic heterocycles. The fourth-order valence-corrected chi connectivity index (χ4v) is 2.71. The Morgan fingerprint density at radius 1 is 1.33 bits per heavy atom. The van der Waals surface area contributed by atoms with Gasteiger partial charge in [-0.1, -0.05) is 12.2 Å². The van der Waals surface area contributed by atoms with Gasteiger partial charge in [-0.05, 0) is 19.1 Å². The maximum atomic E-state index is 11.3. The molecule has 7 nitrogen and oxygen atoms in total. The molecule has 1 aliphatic rings. The van der Waals surface area contributed by atoms with Gasteiger partial charge in [0.1, 0.15) is 0 Å². The lowest BCUT2D eigenvalue weighted by molar-refractivity contribution is -0.137. The van der Waals surface area contributed by atoms with Crippen molar-refractivity contribution >= 4 is 22.1 Å². The summed E-state index contributed by atoms with van der Waals surface area (Å²) in [5, 5.41) is 18.0. The van der Waals surface area contributed by atoms with Gasteiger partial charge in [0.05, 0.1) is 5.57 Å². The highest BCUT2D eigenvalue weighted by atomic mass is 32.2. The van der Waals surface area contributed by atoms with Crippen molar-refractivity contribution in [3.05, 3.63) is 35.5 Å². The minimum atomic E-state index is -5.07. The van der Waals surface area contributed by atoms with Crippen LogP contribution in [0.15, 0.2) is 35.5 Å². The molecular weight excluding hydrogens is 264 g/mol. The van der Waals surface area contributed by atoms with E-state index in [0.29, 0.717) is 0 Å². The van der Waals surface area contributed by atoms with Crippen LogP contribution in [0.3, 0.4) is 0 Å². The molecule has 0 saturated heterocycles. The maximum absolute atomic E-state index is 11.3. The summed E-state index contributed by atoms with van der Waals surface area (Å²) in [4.78, 5) is 22.2. The molecule has 0 fully saturated rings. The van der Waals surface area contributed by atoms with Crippen molar-refractivity contribution < 1.29 is 32.8 Å². The Hall–Kier alpha value is -1.93. The molecule has 0 saturated carbocycles. The summed E-state index contributed by atoms with van der Waals surface area (Å²) < 4.78 is 29.1. The third-order valence-corrected chi connectivity index (χ3v) is 3.87. The fourth-order valence-electron chi connectivity index (χ4n) is 1.74. The van der Waals surface area contributed by atoms with E-state index in [4.69, 9.17) is 14.8 Å². The van der Waals surface area contributed by atoms with Crippen molar-refractivity contribution in [3.63, 3.8) is 0 Å². The number of carboxylic acids is 2. The molecule has 0 aromatic carbocycles. The number of hydrogen-bond donors (Lipinski definition) is 3. The number of rotatable bonds is 3. The van der Waals surface area contributed by atoms with E-state index in [1.807, 2.05) is 0 Å². The minimum Gasteiger partial charge on any atom is -0.480 e. The quantitative estimate of drug-likeness (QED) is 0.628. The van der Waals surface area contributed by atoms with E-state index in [1.165, 1.54) is 6.92 Å². The number of allylic oxidation sites excluding steroid dienone is 3. The lowest BCUT2D eigenvalue weighted by Gasteiger charge is -2.28. The minimum absolute atomic E-state index is 0.500. The van der Waals surface area contributed by atoms with Crippen molar-refractivity contribution in [1.29, 1.82) is 0 Å². The van der Waals surface area contributed by atoms with Crippen molar-refractivity contribution in [2.75, 3.05) is 0 Å². The van der Waals surface area contributed by atoms with Gasteiger partial charge in [-0.25, -0.2) is 9.59 Å². The molecule has 8 heteroatoms. The van der Waals surface area contributed by atoms with Crippen LogP contribution in [0, 0.1) is 0 Å². The van der Waals surface area contributed by atoms with Crippen LogP contribution in [0.4, 0.5) is 0 Å². The summed E-state index contributed by atoms with van der Waals surface area (Å²) in [6.07, 6.45) is 3.79. The highest BCUT2D eigenvalue weighted by molar-refractivity contribution is 7.88. The average Bonchev–Trinajstić information content (AvgIpc) is 2.25. The van der Waals surface area contributed by atoms with Crippen LogP contribution < -0.4 is 0 Å². The summed E-state index contributed by atoms with van der Waals surface area (Å²) in [5.74, 6) is -3.36. The van der Waals surface area contributed by atoms with Gasteiger partial charge in [0.25, 0.3) is 10.1 Å². The molecule has 0 radical (unpaired) electrons. The third-order valence-electron chi connectivity index (χ3n) is 2.53. The van der Waals surface area contributed by atoms with Crippen LogP contribution in [0.2, 0.25) is 0 Å². The molecular formula is C10H10O7S. The lowest BCUT2D eigenvalue weighted by atomic mass is 9.87. The Kier molecular flexibility index (Phi) is 3.45. The molecule has 1 rings (SSSR count). The van der Waals surface area contributed by atoms with E-state index in [1.54, 1.807) is 0 Å². The molecule has 3 N–H and O–H groups in total. The molecule has 98 valence electrons. The predicted molar refractivity (Wildman–Crippen MR) is 60.5 cm³/mol. The van der Waals surface area contributed by atoms with Gasteiger partial charge >= 0.3 is 11.9 Å². The number of hydrogen-bond acceptors (Lipinski definition) is 4. The van der Waals surface area contributed by atoms with Gasteiger partial charge in [-0.3, -0.25) is 4.55 Å². The molecule has 1 atom stereocenters. The Morgan fingerprint density at radius 3 is 2.22 bits per heavy atom. The number of carbonyl (C=O) groups is 2. The zero-order valence-corrected chi connectivity index (χ0v) is 10.0. The second-order valence-corrected chi connectivity index (χ2v) is 5.06. The Morgan fingerprint density at radius 2 is 1.89 bits per heavy atom. The molecule has 0 spiro atoms. The van der Waals surface area contributed by atoms with Crippen LogP contribution in [0.25, 0.3) is 0 Å². The molecule has 18 heavy (non-hydrogen) atoms. The zero-order valence-electron chi connectivity index (χ0n) is 9.19. The SMILES string of the molecule is CC=C1C(C(=O)O)=CC=CC1(C(=O)O)S(=O)(=O)O. The fraction of sp³-hybridized carbons (Fsp3) is 0.200. The van der Waals surface area contributed by atoms with Gasteiger partial charge in [0, 0.05) is 5.57 Å². The zero-order chi connectivity index (χ0) is 14.1. The largest absolute Gasteiger partial charge is 0.480 e. The van der Waals surface area contributed by atoms with Crippen LogP contribution in [0.5, 0.6) is 0 Å². The Balaban J connectivity index is 3.69. The molecule has 0 bridgehead atoms. The number of carboxylic acid groups (broad SMARTS) is 2. The summed E-state index contributed by atoms with van der Waals surface area (Å²) >= 11 is 0. The van der Waals surface area contributed by atoms with E-state index in [2.05, 4.69) is 0 Å². The first-order valence-electron chi connectivity index (χ1n) is 4.69. The lowest BCUT2D eigenvalue weighted by Crippen LogP contribution is -2.48. The van der Waals surface area contributed by atoms with E-state index in [-0.39, 0.29) is 0 Å². The van der Waals surface area contributed by atoms with Gasteiger partial charge in [0.2, 0.25) is 4.75 Å². The van der Waals surface area contributed by atoms with E-state index in [9.17, 15) is 18.0 Å². The summed E-state index contributed by atoms with van der Waals surface area (Å²) in [6, 6.07) is 0. The molecule has 1 aliphatic carbocycles. The van der Waals surface area contributed by atoms with Crippen molar-refractivity contribution in [2.24, 2.45) is 0 Å². The van der Waals surface area contributed by atoms with E-state index < -0.39 is 37.9 Å². The van der Waals surface area contributed by atoms with Gasteiger partial charge in [0.15, 0.2) is 0 Å². The maximum Gasteiger partial charge on any atom is 0.336 e. The topological polar surface area (TPSA) is 129 Å². The summed E-state index contributed by atoms with van der Waals surface area (Å²) in [5.41, 5.74) is -1.01. The summed E-state index contributed by atoms with van der Waals surface area (Å²) in [7, 11) is -5.07. The third kappa shape index (κ3) is 1.85. The van der Waals surface area contributed by atoms with Crippen molar-refractivity contribution in [3.8, 4) is 0 Å². The highest BCUT2D eigenvalue weighted by Crippen LogP contribution is 2.36. The van der Waals surface area contributed by atoms with E-state index in [0.717, 1.165) is 24.3 Å². The highest BCUT2D eigenvalue weighted by Gasteiger charge is 2.54. The van der Waals surface area contributed by atoms with E-state index >= 15 is 0 Å². The van der Waals surface area contributed by atoms with Crippen LogP contribution in [-0.4, -0.2) is 39.9 Å². The first-order chi connectivity index (χ1) is 8.18. The second-order valence-electron chi connectivity index (χ2n) is 3.46. The monoisotopic (exact) mass is 274 g/mol. The normalized spacial score (nSPS) is 25.9.